The number of aliphatic hydroxyl groups is 1. The summed E-state index contributed by atoms with van der Waals surface area (Å²) in [5.74, 6) is 0.772. The van der Waals surface area contributed by atoms with Crippen molar-refractivity contribution in [3.63, 3.8) is 0 Å². The van der Waals surface area contributed by atoms with Gasteiger partial charge in [-0.2, -0.15) is 0 Å². The summed E-state index contributed by atoms with van der Waals surface area (Å²) >= 11 is 0. The summed E-state index contributed by atoms with van der Waals surface area (Å²) < 4.78 is 9.00. The Balaban J connectivity index is 1.58. The highest BCUT2D eigenvalue weighted by atomic mass is 16.5. The van der Waals surface area contributed by atoms with E-state index in [2.05, 4.69) is 9.89 Å². The molecule has 10 nitrogen and oxygen atoms in total. The second-order valence-corrected chi connectivity index (χ2v) is 7.01. The van der Waals surface area contributed by atoms with Crippen molar-refractivity contribution in [2.75, 3.05) is 53.0 Å². The Bertz CT molecular complexity index is 798. The molecule has 2 saturated heterocycles. The van der Waals surface area contributed by atoms with Crippen LogP contribution < -0.4 is 4.57 Å². The molecule has 3 amide bonds. The molecule has 10 heteroatoms. The number of fused-ring (bicyclic) bond motifs is 3. The highest BCUT2D eigenvalue weighted by Gasteiger charge is 2.53. The van der Waals surface area contributed by atoms with E-state index in [1.165, 1.54) is 9.80 Å². The quantitative estimate of drug-likeness (QED) is 0.657. The van der Waals surface area contributed by atoms with Crippen molar-refractivity contribution in [3.05, 3.63) is 11.9 Å². The minimum atomic E-state index is -0.633. The lowest BCUT2D eigenvalue weighted by molar-refractivity contribution is -0.677. The van der Waals surface area contributed by atoms with E-state index in [-0.39, 0.29) is 18.5 Å². The fraction of sp³-hybridized carbons (Fsp3) is 0.647. The number of hydrogen-bond donors (Lipinski definition) is 1. The molecule has 2 fully saturated rings. The largest absolute Gasteiger partial charge is 0.402 e. The zero-order valence-corrected chi connectivity index (χ0v) is 15.7. The second kappa shape index (κ2) is 7.02. The second-order valence-electron chi connectivity index (χ2n) is 7.01. The zero-order valence-electron chi connectivity index (χ0n) is 15.7. The molecule has 1 atom stereocenters. The first-order chi connectivity index (χ1) is 13.0. The van der Waals surface area contributed by atoms with E-state index in [0.717, 1.165) is 18.8 Å². The highest BCUT2D eigenvalue weighted by Crippen LogP contribution is 2.29. The Labute approximate surface area is 157 Å². The fourth-order valence-electron chi connectivity index (χ4n) is 3.88. The van der Waals surface area contributed by atoms with Crippen molar-refractivity contribution in [3.8, 4) is 0 Å². The molecule has 1 unspecified atom stereocenters. The summed E-state index contributed by atoms with van der Waals surface area (Å²) in [5, 5.41) is 9.30. The molecule has 1 aromatic rings. The van der Waals surface area contributed by atoms with Crippen LogP contribution in [0, 0.1) is 6.92 Å². The van der Waals surface area contributed by atoms with Crippen LogP contribution in [0.5, 0.6) is 0 Å². The molecule has 3 aliphatic rings. The topological polar surface area (TPSA) is 94.5 Å². The van der Waals surface area contributed by atoms with Gasteiger partial charge < -0.3 is 9.84 Å². The number of hydrogen-bond acceptors (Lipinski definition) is 6. The Morgan fingerprint density at radius 2 is 2.00 bits per heavy atom. The molecule has 1 N–H and O–H groups in total. The van der Waals surface area contributed by atoms with E-state index < -0.39 is 6.04 Å². The van der Waals surface area contributed by atoms with Gasteiger partial charge in [-0.3, -0.25) is 19.5 Å². The predicted molar refractivity (Wildman–Crippen MR) is 94.7 cm³/mol. The molecule has 146 valence electrons. The van der Waals surface area contributed by atoms with Crippen LogP contribution in [0.1, 0.15) is 11.7 Å². The lowest BCUT2D eigenvalue weighted by Crippen LogP contribution is -2.63. The minimum absolute atomic E-state index is 0.0214. The number of carbonyl (C=O) groups excluding carboxylic acids is 2. The third-order valence-corrected chi connectivity index (χ3v) is 5.39. The van der Waals surface area contributed by atoms with Gasteiger partial charge >= 0.3 is 12.0 Å². The molecule has 3 aliphatic heterocycles. The fourth-order valence-corrected chi connectivity index (χ4v) is 3.88. The monoisotopic (exact) mass is 377 g/mol. The molecular formula is C17H25N6O4+. The summed E-state index contributed by atoms with van der Waals surface area (Å²) in [6.07, 6.45) is 1.86. The van der Waals surface area contributed by atoms with Crippen LogP contribution in [0.15, 0.2) is 11.2 Å². The molecule has 0 aromatic carbocycles. The first kappa shape index (κ1) is 18.1. The van der Waals surface area contributed by atoms with Gasteiger partial charge in [-0.15, -0.1) is 0 Å². The number of ether oxygens (including phenoxy) is 1. The third kappa shape index (κ3) is 2.93. The maximum Gasteiger partial charge on any atom is 0.402 e. The predicted octanol–water partition coefficient (Wildman–Crippen LogP) is -1.11. The van der Waals surface area contributed by atoms with Gasteiger partial charge in [-0.25, -0.2) is 13.9 Å². The van der Waals surface area contributed by atoms with Gasteiger partial charge in [0.2, 0.25) is 11.9 Å². The Morgan fingerprint density at radius 3 is 2.70 bits per heavy atom. The molecule has 0 radical (unpaired) electrons. The number of carbonyl (C=O) groups is 2. The van der Waals surface area contributed by atoms with Crippen LogP contribution in [-0.4, -0.2) is 95.2 Å². The molecule has 1 aromatic heterocycles. The number of amides is 3. The van der Waals surface area contributed by atoms with Crippen LogP contribution in [0.2, 0.25) is 0 Å². The van der Waals surface area contributed by atoms with E-state index in [0.29, 0.717) is 44.6 Å². The van der Waals surface area contributed by atoms with E-state index in [1.54, 1.807) is 11.6 Å². The summed E-state index contributed by atoms with van der Waals surface area (Å²) in [4.78, 5) is 35.4. The smallest absolute Gasteiger partial charge is 0.393 e. The summed E-state index contributed by atoms with van der Waals surface area (Å²) in [7, 11) is 1.65. The molecule has 27 heavy (non-hydrogen) atoms. The third-order valence-electron chi connectivity index (χ3n) is 5.39. The number of likely N-dealkylation sites (N-methyl/N-ethyl adjacent to an activating group) is 1. The number of morpholine rings is 1. The van der Waals surface area contributed by atoms with E-state index in [9.17, 15) is 14.7 Å². The number of aromatic nitrogens is 2. The highest BCUT2D eigenvalue weighted by molar-refractivity contribution is 6.19. The van der Waals surface area contributed by atoms with Gasteiger partial charge in [0, 0.05) is 33.2 Å². The molecule has 0 bridgehead atoms. The Kier molecular flexibility index (Phi) is 4.70. The molecular weight excluding hydrogens is 352 g/mol. The number of imidazole rings is 1. The van der Waals surface area contributed by atoms with Crippen LogP contribution in [0.4, 0.5) is 10.7 Å². The average Bonchev–Trinajstić information content (AvgIpc) is 3.17. The molecule has 0 spiro atoms. The number of imide groups is 1. The van der Waals surface area contributed by atoms with Crippen molar-refractivity contribution < 1.29 is 24.0 Å². The number of nitrogens with zero attached hydrogens (tertiary/aromatic N) is 6. The van der Waals surface area contributed by atoms with E-state index in [4.69, 9.17) is 4.74 Å². The first-order valence-electron chi connectivity index (χ1n) is 9.23. The van der Waals surface area contributed by atoms with Crippen molar-refractivity contribution in [1.29, 1.82) is 0 Å². The maximum atomic E-state index is 13.2. The van der Waals surface area contributed by atoms with Crippen LogP contribution >= 0.6 is 0 Å². The van der Waals surface area contributed by atoms with Gasteiger partial charge in [0.05, 0.1) is 26.4 Å². The SMILES string of the molecule is Cc1c[n+]2c(n1CCO)N=C1C2C(=O)N(CCN2CCOCC2)C(=O)N1C. The summed E-state index contributed by atoms with van der Waals surface area (Å²) in [6.45, 7) is 6.24. The molecule has 0 aliphatic carbocycles. The van der Waals surface area contributed by atoms with Gasteiger partial charge in [-0.1, -0.05) is 4.99 Å². The first-order valence-corrected chi connectivity index (χ1v) is 9.23. The number of aliphatic imine (C=N–C) groups is 1. The standard InChI is InChI=1S/C17H25N6O4/c1-12-11-23-13-14(18-16(23)21(12)5-8-24)19(2)17(26)22(15(13)25)4-3-20-6-9-27-10-7-20/h11,13,24H,3-10H2,1-2H3/q+1. The zero-order chi connectivity index (χ0) is 19.1. The summed E-state index contributed by atoms with van der Waals surface area (Å²) in [5.41, 5.74) is 0.911. The normalized spacial score (nSPS) is 22.9. The Morgan fingerprint density at radius 1 is 1.26 bits per heavy atom. The minimum Gasteiger partial charge on any atom is -0.393 e. The van der Waals surface area contributed by atoms with Crippen molar-refractivity contribution in [2.45, 2.75) is 19.5 Å². The van der Waals surface area contributed by atoms with Gasteiger partial charge in [0.25, 0.3) is 5.91 Å². The lowest BCUT2D eigenvalue weighted by atomic mass is 10.1. The Hall–Kier alpha value is -2.30. The maximum absolute atomic E-state index is 13.2. The lowest BCUT2D eigenvalue weighted by Gasteiger charge is -2.35. The summed E-state index contributed by atoms with van der Waals surface area (Å²) in [6, 6.07) is -0.981. The number of rotatable bonds is 5. The van der Waals surface area contributed by atoms with Gasteiger partial charge in [0.15, 0.2) is 0 Å². The number of aryl methyl sites for hydroxylation is 1. The average molecular weight is 377 g/mol. The van der Waals surface area contributed by atoms with Crippen molar-refractivity contribution in [2.24, 2.45) is 4.99 Å². The number of amidine groups is 1. The van der Waals surface area contributed by atoms with Crippen LogP contribution in [0.3, 0.4) is 0 Å². The molecule has 4 rings (SSSR count). The van der Waals surface area contributed by atoms with E-state index >= 15 is 0 Å². The van der Waals surface area contributed by atoms with Crippen molar-refractivity contribution >= 4 is 23.7 Å². The number of urea groups is 1. The van der Waals surface area contributed by atoms with E-state index in [1.807, 2.05) is 17.7 Å². The van der Waals surface area contributed by atoms with Gasteiger partial charge in [-0.05, 0) is 6.92 Å². The molecule has 0 saturated carbocycles. The van der Waals surface area contributed by atoms with Gasteiger partial charge in [0.1, 0.15) is 11.9 Å². The number of aliphatic hydroxyl groups excluding tert-OH is 1. The van der Waals surface area contributed by atoms with Crippen LogP contribution in [0.25, 0.3) is 0 Å². The van der Waals surface area contributed by atoms with Crippen LogP contribution in [-0.2, 0) is 16.1 Å². The molecule has 4 heterocycles. The van der Waals surface area contributed by atoms with Crippen molar-refractivity contribution in [1.82, 2.24) is 19.3 Å².